The Hall–Kier alpha value is -4.64. The lowest BCUT2D eigenvalue weighted by Crippen LogP contribution is -2.60. The number of hydrogen-bond donors (Lipinski definition) is 0. The van der Waals surface area contributed by atoms with Crippen LogP contribution in [0.25, 0.3) is 49.4 Å². The Kier molecular flexibility index (Phi) is 2.59. The summed E-state index contributed by atoms with van der Waals surface area (Å²) in [6.07, 6.45) is 0. The number of rotatable bonds is 0. The van der Waals surface area contributed by atoms with Crippen molar-refractivity contribution in [3.63, 3.8) is 0 Å². The van der Waals surface area contributed by atoms with Crippen LogP contribution in [0.3, 0.4) is 0 Å². The van der Waals surface area contributed by atoms with E-state index in [1.54, 1.807) is 0 Å². The van der Waals surface area contributed by atoms with Crippen LogP contribution in [-0.2, 0) is 0 Å². The van der Waals surface area contributed by atoms with E-state index in [0.717, 1.165) is 61.6 Å². The van der Waals surface area contributed by atoms with Gasteiger partial charge in [0, 0.05) is 38.8 Å². The molecule has 3 aliphatic rings. The van der Waals surface area contributed by atoms with Gasteiger partial charge in [-0.15, -0.1) is 0 Å². The highest BCUT2D eigenvalue weighted by molar-refractivity contribution is 7.00. The van der Waals surface area contributed by atoms with E-state index in [1.165, 1.54) is 27.2 Å². The summed E-state index contributed by atoms with van der Waals surface area (Å²) in [5, 5.41) is 4.74. The summed E-state index contributed by atoms with van der Waals surface area (Å²) in [4.78, 5) is 0. The molecular formula is C30H14BNO3. The molecule has 5 heteroatoms. The molecule has 0 N–H and O–H groups in total. The van der Waals surface area contributed by atoms with Gasteiger partial charge >= 0.3 is 0 Å². The fraction of sp³-hybridized carbons (Fsp3) is 0. The van der Waals surface area contributed by atoms with Crippen LogP contribution in [0.4, 0.5) is 0 Å². The van der Waals surface area contributed by atoms with Gasteiger partial charge in [0.15, 0.2) is 0 Å². The van der Waals surface area contributed by atoms with E-state index >= 15 is 0 Å². The SMILES string of the molecule is c1cc2c3c(c1)Oc1ccc4c5cc6c(cc5n5c4c1B3c1c(cccc1-5)O2)oc1ccccc16. The fourth-order valence-electron chi connectivity index (χ4n) is 6.71. The van der Waals surface area contributed by atoms with Crippen molar-refractivity contribution >= 4 is 66.8 Å². The Morgan fingerprint density at radius 2 is 1.31 bits per heavy atom. The number of benzene rings is 5. The molecule has 0 aliphatic carbocycles. The minimum absolute atomic E-state index is 0.0919. The smallest absolute Gasteiger partial charge is 0.266 e. The normalized spacial score (nSPS) is 14.1. The van der Waals surface area contributed by atoms with Crippen LogP contribution in [0.15, 0.2) is 89.3 Å². The molecule has 2 aromatic heterocycles. The van der Waals surface area contributed by atoms with Crippen molar-refractivity contribution in [3.05, 3.63) is 84.9 Å². The second-order valence-electron chi connectivity index (χ2n) is 9.67. The van der Waals surface area contributed by atoms with Gasteiger partial charge in [0.05, 0.1) is 11.0 Å². The Morgan fingerprint density at radius 1 is 0.543 bits per heavy atom. The summed E-state index contributed by atoms with van der Waals surface area (Å²) in [7, 11) is 0. The molecule has 0 radical (unpaired) electrons. The number of ether oxygens (including phenoxy) is 2. The van der Waals surface area contributed by atoms with Crippen LogP contribution in [0, 0.1) is 0 Å². The first-order valence-electron chi connectivity index (χ1n) is 11.9. The number of aromatic nitrogens is 1. The van der Waals surface area contributed by atoms with Gasteiger partial charge in [-0.2, -0.15) is 0 Å². The van der Waals surface area contributed by atoms with Crippen LogP contribution in [0.2, 0.25) is 0 Å². The molecule has 35 heavy (non-hydrogen) atoms. The lowest BCUT2D eigenvalue weighted by Gasteiger charge is -2.37. The third-order valence-electron chi connectivity index (χ3n) is 8.04. The summed E-state index contributed by atoms with van der Waals surface area (Å²) in [6, 6.07) is 29.6. The zero-order valence-electron chi connectivity index (χ0n) is 18.3. The molecule has 10 rings (SSSR count). The lowest BCUT2D eigenvalue weighted by atomic mass is 9.33. The summed E-state index contributed by atoms with van der Waals surface area (Å²) >= 11 is 0. The minimum Gasteiger partial charge on any atom is -0.458 e. The van der Waals surface area contributed by atoms with Crippen LogP contribution in [-0.4, -0.2) is 11.3 Å². The molecule has 3 aliphatic heterocycles. The van der Waals surface area contributed by atoms with Gasteiger partial charge in [-0.25, -0.2) is 0 Å². The van der Waals surface area contributed by atoms with Crippen molar-refractivity contribution in [2.75, 3.05) is 0 Å². The maximum Gasteiger partial charge on any atom is 0.266 e. The average Bonchev–Trinajstić information content (AvgIpc) is 3.42. The standard InChI is InChI=1S/C30H14BNO3/c1-2-7-21-15(5-1)18-13-17-16-11-12-25-29-30(16)32(20(17)14-26(18)33-21)19-6-3-8-22-27(19)31(29)28-23(34-22)9-4-10-24(28)35-25/h1-14H. The lowest BCUT2D eigenvalue weighted by molar-refractivity contribution is 0.464. The van der Waals surface area contributed by atoms with Crippen molar-refractivity contribution < 1.29 is 13.9 Å². The molecule has 160 valence electrons. The molecule has 5 heterocycles. The van der Waals surface area contributed by atoms with Crippen molar-refractivity contribution in [2.24, 2.45) is 0 Å². The molecule has 0 atom stereocenters. The van der Waals surface area contributed by atoms with Crippen LogP contribution in [0.1, 0.15) is 0 Å². The van der Waals surface area contributed by atoms with E-state index in [9.17, 15) is 0 Å². The van der Waals surface area contributed by atoms with Gasteiger partial charge in [-0.3, -0.25) is 0 Å². The Balaban J connectivity index is 1.46. The van der Waals surface area contributed by atoms with Gasteiger partial charge in [0.25, 0.3) is 6.71 Å². The summed E-state index contributed by atoms with van der Waals surface area (Å²) in [5.41, 5.74) is 8.89. The summed E-state index contributed by atoms with van der Waals surface area (Å²) < 4.78 is 21.6. The predicted molar refractivity (Wildman–Crippen MR) is 139 cm³/mol. The van der Waals surface area contributed by atoms with E-state index in [1.807, 2.05) is 30.3 Å². The van der Waals surface area contributed by atoms with Crippen molar-refractivity contribution in [2.45, 2.75) is 0 Å². The Labute approximate surface area is 199 Å². The molecule has 0 fully saturated rings. The second-order valence-corrected chi connectivity index (χ2v) is 9.67. The topological polar surface area (TPSA) is 36.5 Å². The van der Waals surface area contributed by atoms with Crippen LogP contribution < -0.4 is 25.9 Å². The van der Waals surface area contributed by atoms with Gasteiger partial charge in [0.1, 0.15) is 34.2 Å². The fourth-order valence-corrected chi connectivity index (χ4v) is 6.71. The van der Waals surface area contributed by atoms with Crippen molar-refractivity contribution in [1.29, 1.82) is 0 Å². The molecule has 4 nitrogen and oxygen atoms in total. The van der Waals surface area contributed by atoms with E-state index in [2.05, 4.69) is 59.2 Å². The molecule has 0 unspecified atom stereocenters. The molecular weight excluding hydrogens is 433 g/mol. The van der Waals surface area contributed by atoms with E-state index < -0.39 is 0 Å². The number of furan rings is 1. The molecule has 5 aromatic carbocycles. The quantitative estimate of drug-likeness (QED) is 0.279. The maximum atomic E-state index is 6.47. The van der Waals surface area contributed by atoms with Gasteiger partial charge in [-0.1, -0.05) is 30.3 Å². The number of para-hydroxylation sites is 1. The average molecular weight is 447 g/mol. The summed E-state index contributed by atoms with van der Waals surface area (Å²) in [6.45, 7) is 0.0919. The van der Waals surface area contributed by atoms with Gasteiger partial charge in [0.2, 0.25) is 0 Å². The second kappa shape index (κ2) is 5.36. The van der Waals surface area contributed by atoms with Crippen molar-refractivity contribution in [3.8, 4) is 28.7 Å². The molecule has 0 amide bonds. The molecule has 0 spiro atoms. The molecule has 0 saturated heterocycles. The minimum atomic E-state index is 0.0919. The third kappa shape index (κ3) is 1.77. The highest BCUT2D eigenvalue weighted by atomic mass is 16.5. The van der Waals surface area contributed by atoms with Crippen molar-refractivity contribution in [1.82, 2.24) is 4.57 Å². The summed E-state index contributed by atoms with van der Waals surface area (Å²) in [5.74, 6) is 3.61. The highest BCUT2D eigenvalue weighted by Gasteiger charge is 2.46. The first-order chi connectivity index (χ1) is 17.3. The maximum absolute atomic E-state index is 6.47. The molecule has 0 bridgehead atoms. The first-order valence-corrected chi connectivity index (χ1v) is 11.9. The molecule has 7 aromatic rings. The van der Waals surface area contributed by atoms with Gasteiger partial charge in [-0.05, 0) is 59.5 Å². The monoisotopic (exact) mass is 447 g/mol. The Morgan fingerprint density at radius 3 is 2.20 bits per heavy atom. The number of fused-ring (bicyclic) bond motifs is 7. The first kappa shape index (κ1) is 16.9. The number of hydrogen-bond acceptors (Lipinski definition) is 3. The highest BCUT2D eigenvalue weighted by Crippen LogP contribution is 2.44. The zero-order chi connectivity index (χ0) is 22.4. The Bertz CT molecular complexity index is 2120. The van der Waals surface area contributed by atoms with E-state index in [4.69, 9.17) is 13.9 Å². The predicted octanol–water partition coefficient (Wildman–Crippen LogP) is 5.72. The van der Waals surface area contributed by atoms with Crippen LogP contribution >= 0.6 is 0 Å². The zero-order valence-corrected chi connectivity index (χ0v) is 18.3. The van der Waals surface area contributed by atoms with E-state index in [-0.39, 0.29) is 6.71 Å². The third-order valence-corrected chi connectivity index (χ3v) is 8.04. The van der Waals surface area contributed by atoms with Crippen LogP contribution in [0.5, 0.6) is 23.0 Å². The van der Waals surface area contributed by atoms with E-state index in [0.29, 0.717) is 0 Å². The number of nitrogens with zero attached hydrogens (tertiary/aromatic N) is 1. The molecule has 0 saturated carbocycles. The van der Waals surface area contributed by atoms with Gasteiger partial charge < -0.3 is 18.5 Å². The largest absolute Gasteiger partial charge is 0.458 e.